The molecule has 0 aliphatic carbocycles. The van der Waals surface area contributed by atoms with Crippen molar-refractivity contribution in [2.45, 2.75) is 27.2 Å². The number of aromatic nitrogens is 2. The number of pyridine rings is 1. The van der Waals surface area contributed by atoms with Crippen LogP contribution in [0.15, 0.2) is 41.7 Å². The molecule has 2 aliphatic heterocycles. The first kappa shape index (κ1) is 19.2. The molecule has 2 aliphatic rings. The Morgan fingerprint density at radius 1 is 1.38 bits per heavy atom. The number of nitrogens with zero attached hydrogens (tertiary/aromatic N) is 2. The minimum absolute atomic E-state index is 0.0163. The van der Waals surface area contributed by atoms with Crippen LogP contribution in [0.5, 0.6) is 0 Å². The number of likely N-dealkylation sites (tertiary alicyclic amines) is 1. The van der Waals surface area contributed by atoms with Crippen LogP contribution in [0.25, 0.3) is 17.1 Å². The predicted octanol–water partition coefficient (Wildman–Crippen LogP) is 3.26. The number of hydrogen-bond donors (Lipinski definition) is 1. The fraction of sp³-hybridized carbons (Fsp3) is 0.409. The summed E-state index contributed by atoms with van der Waals surface area (Å²) < 4.78 is 11.2. The highest BCUT2D eigenvalue weighted by atomic mass is 16.5. The van der Waals surface area contributed by atoms with Gasteiger partial charge < -0.3 is 19.4 Å². The van der Waals surface area contributed by atoms with Crippen LogP contribution in [-0.2, 0) is 19.1 Å². The van der Waals surface area contributed by atoms with Crippen LogP contribution in [0.4, 0.5) is 0 Å². The number of ether oxygens (including phenoxy) is 2. The number of esters is 1. The van der Waals surface area contributed by atoms with Crippen molar-refractivity contribution in [2.75, 3.05) is 19.7 Å². The Kier molecular flexibility index (Phi) is 5.13. The average Bonchev–Trinajstić information content (AvgIpc) is 3.23. The van der Waals surface area contributed by atoms with Gasteiger partial charge in [0.1, 0.15) is 5.65 Å². The highest BCUT2D eigenvalue weighted by Gasteiger charge is 2.40. The van der Waals surface area contributed by atoms with Crippen LogP contribution in [-0.4, -0.2) is 46.3 Å². The molecule has 2 atom stereocenters. The van der Waals surface area contributed by atoms with Gasteiger partial charge in [-0.25, -0.2) is 9.78 Å². The van der Waals surface area contributed by atoms with E-state index in [1.54, 1.807) is 25.4 Å². The maximum Gasteiger partial charge on any atom is 0.347 e. The quantitative estimate of drug-likeness (QED) is 0.486. The van der Waals surface area contributed by atoms with Crippen molar-refractivity contribution in [1.82, 2.24) is 14.9 Å². The van der Waals surface area contributed by atoms with Gasteiger partial charge in [0, 0.05) is 36.4 Å². The van der Waals surface area contributed by atoms with Gasteiger partial charge in [-0.15, -0.1) is 0 Å². The molecule has 1 N–H and O–H groups in total. The van der Waals surface area contributed by atoms with Crippen LogP contribution in [0.1, 0.15) is 32.8 Å². The molecule has 0 radical (unpaired) electrons. The van der Waals surface area contributed by atoms with E-state index in [0.29, 0.717) is 17.7 Å². The molecule has 1 fully saturated rings. The Balaban J connectivity index is 1.71. The Morgan fingerprint density at radius 2 is 2.14 bits per heavy atom. The third-order valence-electron chi connectivity index (χ3n) is 5.28. The molecule has 7 nitrogen and oxygen atoms in total. The Morgan fingerprint density at radius 3 is 2.86 bits per heavy atom. The van der Waals surface area contributed by atoms with E-state index in [9.17, 15) is 9.59 Å². The van der Waals surface area contributed by atoms with Gasteiger partial charge in [0.15, 0.2) is 11.3 Å². The van der Waals surface area contributed by atoms with Crippen LogP contribution in [0.2, 0.25) is 0 Å². The highest BCUT2D eigenvalue weighted by Crippen LogP contribution is 2.34. The number of fused-ring (bicyclic) bond motifs is 1. The number of piperidine rings is 1. The summed E-state index contributed by atoms with van der Waals surface area (Å²) >= 11 is 0. The van der Waals surface area contributed by atoms with Crippen molar-refractivity contribution < 1.29 is 19.1 Å². The molecule has 152 valence electrons. The van der Waals surface area contributed by atoms with E-state index in [2.05, 4.69) is 23.8 Å². The number of rotatable bonds is 4. The zero-order chi connectivity index (χ0) is 20.5. The minimum Gasteiger partial charge on any atom is -0.462 e. The number of nitrogens with one attached hydrogen (secondary N) is 1. The lowest BCUT2D eigenvalue weighted by molar-refractivity contribution is -0.139. The van der Waals surface area contributed by atoms with Crippen molar-refractivity contribution in [3.63, 3.8) is 0 Å². The topological polar surface area (TPSA) is 84.5 Å². The Bertz CT molecular complexity index is 1010. The fourth-order valence-corrected chi connectivity index (χ4v) is 4.19. The second-order valence-corrected chi connectivity index (χ2v) is 7.84. The van der Waals surface area contributed by atoms with Gasteiger partial charge in [0.25, 0.3) is 0 Å². The van der Waals surface area contributed by atoms with Gasteiger partial charge in [0.2, 0.25) is 11.7 Å². The van der Waals surface area contributed by atoms with Gasteiger partial charge in [-0.05, 0) is 43.4 Å². The molecule has 0 spiro atoms. The lowest BCUT2D eigenvalue weighted by Gasteiger charge is -2.36. The number of aromatic amines is 1. The molecule has 0 unspecified atom stereocenters. The minimum atomic E-state index is -0.637. The maximum atomic E-state index is 13.1. The van der Waals surface area contributed by atoms with E-state index in [1.165, 1.54) is 0 Å². The number of carbonyl (C=O) groups is 2. The molecule has 0 bridgehead atoms. The van der Waals surface area contributed by atoms with Gasteiger partial charge in [-0.1, -0.05) is 13.8 Å². The van der Waals surface area contributed by atoms with E-state index in [4.69, 9.17) is 9.47 Å². The Labute approximate surface area is 169 Å². The summed E-state index contributed by atoms with van der Waals surface area (Å²) in [5.41, 5.74) is 1.49. The average molecular weight is 395 g/mol. The molecule has 1 saturated heterocycles. The SMILES string of the molecule is CCOC(=O)C1=C(N2C[C@H](C)C[C@H](C)C2)O/C(=C\c2c[nH]c3ncccc23)C1=O. The van der Waals surface area contributed by atoms with Crippen molar-refractivity contribution in [3.8, 4) is 0 Å². The van der Waals surface area contributed by atoms with Gasteiger partial charge in [-0.2, -0.15) is 0 Å². The molecule has 4 rings (SSSR count). The van der Waals surface area contributed by atoms with Gasteiger partial charge in [-0.3, -0.25) is 4.79 Å². The van der Waals surface area contributed by atoms with Crippen LogP contribution in [0, 0.1) is 11.8 Å². The maximum absolute atomic E-state index is 13.1. The first-order chi connectivity index (χ1) is 14.0. The molecule has 2 aromatic heterocycles. The zero-order valence-corrected chi connectivity index (χ0v) is 16.9. The van der Waals surface area contributed by atoms with Crippen molar-refractivity contribution in [3.05, 3.63) is 47.3 Å². The van der Waals surface area contributed by atoms with E-state index >= 15 is 0 Å². The molecule has 0 saturated carbocycles. The van der Waals surface area contributed by atoms with Gasteiger partial charge >= 0.3 is 5.97 Å². The van der Waals surface area contributed by atoms with E-state index < -0.39 is 11.8 Å². The molecule has 2 aromatic rings. The van der Waals surface area contributed by atoms with Crippen molar-refractivity contribution >= 4 is 28.9 Å². The second-order valence-electron chi connectivity index (χ2n) is 7.84. The first-order valence-corrected chi connectivity index (χ1v) is 10.0. The van der Waals surface area contributed by atoms with Crippen LogP contribution in [0.3, 0.4) is 0 Å². The monoisotopic (exact) mass is 395 g/mol. The number of allylic oxidation sites excluding steroid dienone is 1. The predicted molar refractivity (Wildman–Crippen MR) is 108 cm³/mol. The molecule has 0 aromatic carbocycles. The summed E-state index contributed by atoms with van der Waals surface area (Å²) in [7, 11) is 0. The van der Waals surface area contributed by atoms with Crippen molar-refractivity contribution in [1.29, 1.82) is 0 Å². The van der Waals surface area contributed by atoms with Crippen LogP contribution >= 0.6 is 0 Å². The molecule has 4 heterocycles. The molecule has 0 amide bonds. The van der Waals surface area contributed by atoms with E-state index in [1.807, 2.05) is 17.0 Å². The summed E-state index contributed by atoms with van der Waals surface area (Å²) in [5.74, 6) is 0.252. The summed E-state index contributed by atoms with van der Waals surface area (Å²) in [4.78, 5) is 35.0. The summed E-state index contributed by atoms with van der Waals surface area (Å²) in [6.45, 7) is 7.72. The third-order valence-corrected chi connectivity index (χ3v) is 5.28. The zero-order valence-electron chi connectivity index (χ0n) is 16.9. The molecular formula is C22H25N3O4. The number of carbonyl (C=O) groups excluding carboxylic acids is 2. The molecule has 29 heavy (non-hydrogen) atoms. The molecule has 7 heteroatoms. The normalized spacial score (nSPS) is 23.8. The fourth-order valence-electron chi connectivity index (χ4n) is 4.19. The standard InChI is InChI=1S/C22H25N3O4/c1-4-28-22(27)18-19(26)17(9-15-10-24-20-16(15)6-5-7-23-20)29-21(18)25-11-13(2)8-14(3)12-25/h5-7,9-10,13-14H,4,8,11-12H2,1-3H3,(H,23,24)/b17-9-/t13-,14+. The van der Waals surface area contributed by atoms with E-state index in [-0.39, 0.29) is 17.9 Å². The highest BCUT2D eigenvalue weighted by molar-refractivity contribution is 6.26. The smallest absolute Gasteiger partial charge is 0.347 e. The number of Topliss-reactive ketones (excluding diaryl/α,β-unsaturated/α-hetero) is 1. The van der Waals surface area contributed by atoms with E-state index in [0.717, 1.165) is 36.1 Å². The summed E-state index contributed by atoms with van der Waals surface area (Å²) in [6, 6.07) is 3.75. The summed E-state index contributed by atoms with van der Waals surface area (Å²) in [6.07, 6.45) is 6.24. The third kappa shape index (κ3) is 3.64. The number of ketones is 1. The first-order valence-electron chi connectivity index (χ1n) is 10.0. The van der Waals surface area contributed by atoms with Crippen molar-refractivity contribution in [2.24, 2.45) is 11.8 Å². The second kappa shape index (κ2) is 7.73. The Hall–Kier alpha value is -3.09. The number of hydrogen-bond acceptors (Lipinski definition) is 6. The molecular weight excluding hydrogens is 370 g/mol. The lowest BCUT2D eigenvalue weighted by atomic mass is 9.92. The number of H-pyrrole nitrogens is 1. The van der Waals surface area contributed by atoms with Gasteiger partial charge in [0.05, 0.1) is 6.61 Å². The summed E-state index contributed by atoms with van der Waals surface area (Å²) in [5, 5.41) is 0.878. The largest absolute Gasteiger partial charge is 0.462 e. The van der Waals surface area contributed by atoms with Crippen LogP contribution < -0.4 is 0 Å². The lowest BCUT2D eigenvalue weighted by Crippen LogP contribution is -2.39.